The molecule has 0 aromatic rings. The molecule has 1 unspecified atom stereocenters. The molecule has 2 atom stereocenters. The number of urea groups is 1. The molecule has 9 heteroatoms. The van der Waals surface area contributed by atoms with E-state index in [0.29, 0.717) is 19.4 Å². The monoisotopic (exact) mass is 426 g/mol. The summed E-state index contributed by atoms with van der Waals surface area (Å²) in [4.78, 5) is 60.0. The zero-order valence-electron chi connectivity index (χ0n) is 19.0. The molecule has 172 valence electrons. The van der Waals surface area contributed by atoms with E-state index in [-0.39, 0.29) is 48.1 Å². The maximum atomic E-state index is 12.8. The van der Waals surface area contributed by atoms with Gasteiger partial charge in [0.2, 0.25) is 11.8 Å². The molecule has 30 heavy (non-hydrogen) atoms. The van der Waals surface area contributed by atoms with Gasteiger partial charge < -0.3 is 21.7 Å². The van der Waals surface area contributed by atoms with Crippen LogP contribution in [0.3, 0.4) is 0 Å². The van der Waals surface area contributed by atoms with Crippen molar-refractivity contribution in [2.24, 2.45) is 23.5 Å². The third-order valence-corrected chi connectivity index (χ3v) is 4.71. The molecule has 0 rings (SSSR count). The number of primary amides is 1. The highest BCUT2D eigenvalue weighted by molar-refractivity contribution is 5.94. The Morgan fingerprint density at radius 2 is 1.43 bits per heavy atom. The predicted molar refractivity (Wildman–Crippen MR) is 114 cm³/mol. The summed E-state index contributed by atoms with van der Waals surface area (Å²) in [5.41, 5.74) is 5.03. The topological polar surface area (TPSA) is 147 Å². The first kappa shape index (κ1) is 27.5. The zero-order valence-corrected chi connectivity index (χ0v) is 19.0. The number of Topliss-reactive ketones (excluding diaryl/α,β-unsaturated/α-hetero) is 2. The van der Waals surface area contributed by atoms with Crippen molar-refractivity contribution in [1.82, 2.24) is 16.0 Å². The van der Waals surface area contributed by atoms with Gasteiger partial charge in [-0.25, -0.2) is 4.79 Å². The van der Waals surface area contributed by atoms with Gasteiger partial charge in [0.25, 0.3) is 0 Å². The van der Waals surface area contributed by atoms with Crippen LogP contribution in [0.4, 0.5) is 4.79 Å². The van der Waals surface area contributed by atoms with Crippen molar-refractivity contribution in [3.05, 3.63) is 0 Å². The first-order valence-electron chi connectivity index (χ1n) is 10.6. The van der Waals surface area contributed by atoms with Gasteiger partial charge in [0.15, 0.2) is 5.78 Å². The molecule has 9 nitrogen and oxygen atoms in total. The van der Waals surface area contributed by atoms with Crippen LogP contribution >= 0.6 is 0 Å². The van der Waals surface area contributed by atoms with Crippen LogP contribution in [0.25, 0.3) is 0 Å². The molecular weight excluding hydrogens is 388 g/mol. The standard InChI is InChI=1S/C21H38N4O5/c1-12(2)16(26)9-10-17(27)25-18(13(3)4)20(29)24-15(19(28)14(5)6)8-7-11-23-21(22)30/h12-15,18H,7-11H2,1-6H3,(H,24,29)(H,25,27)(H3,22,23,30)/t15-,18?/m0/s1. The lowest BCUT2D eigenvalue weighted by atomic mass is 9.96. The van der Waals surface area contributed by atoms with E-state index in [1.54, 1.807) is 41.5 Å². The number of hydrogen-bond acceptors (Lipinski definition) is 5. The predicted octanol–water partition coefficient (Wildman–Crippen LogP) is 1.29. The first-order chi connectivity index (χ1) is 13.9. The second-order valence-electron chi connectivity index (χ2n) is 8.46. The molecular formula is C21H38N4O5. The van der Waals surface area contributed by atoms with Crippen molar-refractivity contribution in [3.8, 4) is 0 Å². The van der Waals surface area contributed by atoms with Gasteiger partial charge in [-0.1, -0.05) is 41.5 Å². The largest absolute Gasteiger partial charge is 0.352 e. The summed E-state index contributed by atoms with van der Waals surface area (Å²) < 4.78 is 0. The summed E-state index contributed by atoms with van der Waals surface area (Å²) in [7, 11) is 0. The minimum Gasteiger partial charge on any atom is -0.352 e. The zero-order chi connectivity index (χ0) is 23.4. The highest BCUT2D eigenvalue weighted by Gasteiger charge is 2.29. The number of hydrogen-bond donors (Lipinski definition) is 4. The molecule has 0 aromatic heterocycles. The molecule has 5 N–H and O–H groups in total. The van der Waals surface area contributed by atoms with Crippen molar-refractivity contribution in [2.75, 3.05) is 6.54 Å². The van der Waals surface area contributed by atoms with Crippen molar-refractivity contribution in [2.45, 2.75) is 79.3 Å². The Kier molecular flexibility index (Phi) is 12.6. The number of carbonyl (C=O) groups excluding carboxylic acids is 5. The number of amides is 4. The lowest BCUT2D eigenvalue weighted by Gasteiger charge is -2.26. The van der Waals surface area contributed by atoms with E-state index in [4.69, 9.17) is 5.73 Å². The fourth-order valence-electron chi connectivity index (χ4n) is 2.77. The molecule has 0 heterocycles. The van der Waals surface area contributed by atoms with Crippen LogP contribution in [-0.2, 0) is 19.2 Å². The average molecular weight is 427 g/mol. The second-order valence-corrected chi connectivity index (χ2v) is 8.46. The van der Waals surface area contributed by atoms with Gasteiger partial charge in [0.05, 0.1) is 6.04 Å². The Labute approximate surface area is 179 Å². The number of carbonyl (C=O) groups is 5. The summed E-state index contributed by atoms with van der Waals surface area (Å²) in [5.74, 6) is -1.60. The first-order valence-corrected chi connectivity index (χ1v) is 10.6. The van der Waals surface area contributed by atoms with Crippen molar-refractivity contribution < 1.29 is 24.0 Å². The van der Waals surface area contributed by atoms with Crippen molar-refractivity contribution in [1.29, 1.82) is 0 Å². The Morgan fingerprint density at radius 3 is 1.90 bits per heavy atom. The maximum Gasteiger partial charge on any atom is 0.312 e. The van der Waals surface area contributed by atoms with Crippen LogP contribution in [-0.4, -0.2) is 48.0 Å². The highest BCUT2D eigenvalue weighted by atomic mass is 16.2. The third kappa shape index (κ3) is 10.9. The summed E-state index contributed by atoms with van der Waals surface area (Å²) in [6.07, 6.45) is 0.935. The van der Waals surface area contributed by atoms with Crippen LogP contribution < -0.4 is 21.7 Å². The Bertz CT molecular complexity index is 617. The summed E-state index contributed by atoms with van der Waals surface area (Å²) >= 11 is 0. The molecule has 0 saturated heterocycles. The van der Waals surface area contributed by atoms with E-state index < -0.39 is 24.0 Å². The molecule has 0 radical (unpaired) electrons. The SMILES string of the molecule is CC(C)C(=O)CCC(=O)NC(C(=O)N[C@@H](CCCNC(N)=O)C(=O)C(C)C)C(C)C. The van der Waals surface area contributed by atoms with Crippen molar-refractivity contribution >= 4 is 29.4 Å². The van der Waals surface area contributed by atoms with Crippen LogP contribution in [0.15, 0.2) is 0 Å². The summed E-state index contributed by atoms with van der Waals surface area (Å²) in [6.45, 7) is 10.9. The molecule has 0 aliphatic heterocycles. The van der Waals surface area contributed by atoms with Gasteiger partial charge in [-0.15, -0.1) is 0 Å². The van der Waals surface area contributed by atoms with Gasteiger partial charge in [-0.05, 0) is 18.8 Å². The van der Waals surface area contributed by atoms with E-state index in [0.717, 1.165) is 0 Å². The van der Waals surface area contributed by atoms with Crippen molar-refractivity contribution in [3.63, 3.8) is 0 Å². The van der Waals surface area contributed by atoms with E-state index in [1.165, 1.54) is 0 Å². The quantitative estimate of drug-likeness (QED) is 0.309. The third-order valence-electron chi connectivity index (χ3n) is 4.71. The number of nitrogens with one attached hydrogen (secondary N) is 3. The lowest BCUT2D eigenvalue weighted by Crippen LogP contribution is -2.54. The molecule has 0 aliphatic rings. The molecule has 4 amide bonds. The summed E-state index contributed by atoms with van der Waals surface area (Å²) in [5, 5.41) is 7.87. The lowest BCUT2D eigenvalue weighted by molar-refractivity contribution is -0.133. The average Bonchev–Trinajstić information content (AvgIpc) is 2.64. The normalized spacial score (nSPS) is 13.1. The smallest absolute Gasteiger partial charge is 0.312 e. The molecule has 0 fully saturated rings. The molecule has 0 aromatic carbocycles. The molecule has 0 aliphatic carbocycles. The number of nitrogens with two attached hydrogens (primary N) is 1. The minimum atomic E-state index is -0.821. The van der Waals surface area contributed by atoms with Gasteiger partial charge in [-0.3, -0.25) is 19.2 Å². The van der Waals surface area contributed by atoms with Gasteiger partial charge in [-0.2, -0.15) is 0 Å². The summed E-state index contributed by atoms with van der Waals surface area (Å²) in [6, 6.07) is -2.20. The van der Waals surface area contributed by atoms with E-state index in [1.807, 2.05) is 0 Å². The van der Waals surface area contributed by atoms with Crippen LogP contribution in [0.2, 0.25) is 0 Å². The Balaban J connectivity index is 5.00. The maximum absolute atomic E-state index is 12.8. The fourth-order valence-corrected chi connectivity index (χ4v) is 2.77. The molecule has 0 saturated carbocycles. The second kappa shape index (κ2) is 13.7. The van der Waals surface area contributed by atoms with Gasteiger partial charge in [0, 0.05) is 31.2 Å². The van der Waals surface area contributed by atoms with Crippen LogP contribution in [0.1, 0.15) is 67.2 Å². The molecule has 0 bridgehead atoms. The number of ketones is 2. The van der Waals surface area contributed by atoms with Gasteiger partial charge >= 0.3 is 6.03 Å². The Hall–Kier alpha value is -2.45. The van der Waals surface area contributed by atoms with E-state index >= 15 is 0 Å². The fraction of sp³-hybridized carbons (Fsp3) is 0.762. The Morgan fingerprint density at radius 1 is 0.833 bits per heavy atom. The van der Waals surface area contributed by atoms with Crippen LogP contribution in [0.5, 0.6) is 0 Å². The highest BCUT2D eigenvalue weighted by Crippen LogP contribution is 2.10. The molecule has 0 spiro atoms. The number of rotatable bonds is 14. The van der Waals surface area contributed by atoms with Crippen LogP contribution in [0, 0.1) is 17.8 Å². The van der Waals surface area contributed by atoms with E-state index in [2.05, 4.69) is 16.0 Å². The van der Waals surface area contributed by atoms with E-state index in [9.17, 15) is 24.0 Å². The minimum absolute atomic E-state index is 0.0112. The van der Waals surface area contributed by atoms with Gasteiger partial charge in [0.1, 0.15) is 11.8 Å².